The Morgan fingerprint density at radius 2 is 1.55 bits per heavy atom. The fraction of sp³-hybridized carbons (Fsp3) is 0.480. The minimum atomic E-state index is -0.834. The summed E-state index contributed by atoms with van der Waals surface area (Å²) in [7, 11) is 0. The zero-order valence-electron chi connectivity index (χ0n) is 18.2. The number of hydrogen-bond donors (Lipinski definition) is 1. The lowest BCUT2D eigenvalue weighted by Crippen LogP contribution is -2.50. The largest absolute Gasteiger partial charge is 0.481 e. The molecule has 6 heteroatoms. The maximum atomic E-state index is 10.9. The molecule has 1 N–H and O–H groups in total. The van der Waals surface area contributed by atoms with E-state index in [9.17, 15) is 4.79 Å². The molecule has 1 fully saturated rings. The monoisotopic (exact) mass is 428 g/mol. The lowest BCUT2D eigenvalue weighted by atomic mass is 10.0. The van der Waals surface area contributed by atoms with E-state index in [2.05, 4.69) is 0 Å². The second-order valence-corrected chi connectivity index (χ2v) is 7.99. The molecule has 168 valence electrons. The second kappa shape index (κ2) is 12.0. The van der Waals surface area contributed by atoms with Crippen LogP contribution >= 0.6 is 0 Å². The minimum absolute atomic E-state index is 0.0573. The van der Waals surface area contributed by atoms with Gasteiger partial charge in [-0.3, -0.25) is 4.79 Å². The SMILES string of the molecule is CC(CCC(=O)O)OC1OC(C)C(OCc2ccccc2)CC1OCc1ccccc1. The quantitative estimate of drug-likeness (QED) is 0.565. The van der Waals surface area contributed by atoms with Crippen molar-refractivity contribution < 1.29 is 28.8 Å². The van der Waals surface area contributed by atoms with Crippen molar-refractivity contribution >= 4 is 5.97 Å². The van der Waals surface area contributed by atoms with E-state index in [0.29, 0.717) is 26.1 Å². The molecule has 0 aromatic heterocycles. The lowest BCUT2D eigenvalue weighted by molar-refractivity contribution is -0.290. The molecule has 0 aliphatic carbocycles. The average molecular weight is 429 g/mol. The van der Waals surface area contributed by atoms with Crippen LogP contribution in [0.3, 0.4) is 0 Å². The number of carboxylic acids is 1. The number of aliphatic carboxylic acids is 1. The Hall–Kier alpha value is -2.25. The van der Waals surface area contributed by atoms with Gasteiger partial charge in [0.05, 0.1) is 31.5 Å². The number of ether oxygens (including phenoxy) is 4. The molecular formula is C25H32O6. The third-order valence-electron chi connectivity index (χ3n) is 5.39. The van der Waals surface area contributed by atoms with Crippen LogP contribution in [0, 0.1) is 0 Å². The molecule has 5 atom stereocenters. The summed E-state index contributed by atoms with van der Waals surface area (Å²) in [6.45, 7) is 4.79. The first-order valence-electron chi connectivity index (χ1n) is 10.8. The third-order valence-corrected chi connectivity index (χ3v) is 5.39. The molecule has 0 radical (unpaired) electrons. The van der Waals surface area contributed by atoms with Crippen LogP contribution in [0.2, 0.25) is 0 Å². The highest BCUT2D eigenvalue weighted by Crippen LogP contribution is 2.28. The number of carbonyl (C=O) groups is 1. The maximum absolute atomic E-state index is 10.9. The van der Waals surface area contributed by atoms with E-state index in [1.54, 1.807) is 0 Å². The summed E-state index contributed by atoms with van der Waals surface area (Å²) in [6, 6.07) is 20.0. The van der Waals surface area contributed by atoms with Gasteiger partial charge in [0.1, 0.15) is 6.10 Å². The minimum Gasteiger partial charge on any atom is -0.481 e. The van der Waals surface area contributed by atoms with Gasteiger partial charge in [0, 0.05) is 12.8 Å². The Balaban J connectivity index is 1.61. The molecule has 5 unspecified atom stereocenters. The van der Waals surface area contributed by atoms with Crippen molar-refractivity contribution in [3.8, 4) is 0 Å². The van der Waals surface area contributed by atoms with Crippen LogP contribution in [-0.4, -0.2) is 41.8 Å². The summed E-state index contributed by atoms with van der Waals surface area (Å²) in [5, 5.41) is 8.93. The van der Waals surface area contributed by atoms with E-state index in [1.165, 1.54) is 0 Å². The average Bonchev–Trinajstić information content (AvgIpc) is 2.78. The zero-order chi connectivity index (χ0) is 22.1. The summed E-state index contributed by atoms with van der Waals surface area (Å²) < 4.78 is 24.6. The standard InChI is InChI=1S/C25H32O6/c1-18(13-14-24(26)27)30-25-23(29-17-21-11-7-4-8-12-21)15-22(19(2)31-25)28-16-20-9-5-3-6-10-20/h3-12,18-19,22-23,25H,13-17H2,1-2H3,(H,26,27). The Morgan fingerprint density at radius 3 is 2.10 bits per heavy atom. The highest BCUT2D eigenvalue weighted by atomic mass is 16.7. The Labute approximate surface area is 184 Å². The highest BCUT2D eigenvalue weighted by molar-refractivity contribution is 5.66. The van der Waals surface area contributed by atoms with Crippen molar-refractivity contribution in [3.63, 3.8) is 0 Å². The van der Waals surface area contributed by atoms with Gasteiger partial charge in [0.2, 0.25) is 0 Å². The first-order valence-corrected chi connectivity index (χ1v) is 10.8. The van der Waals surface area contributed by atoms with E-state index in [1.807, 2.05) is 74.5 Å². The molecule has 31 heavy (non-hydrogen) atoms. The van der Waals surface area contributed by atoms with E-state index in [4.69, 9.17) is 24.1 Å². The van der Waals surface area contributed by atoms with Crippen molar-refractivity contribution in [2.45, 2.75) is 77.0 Å². The summed E-state index contributed by atoms with van der Waals surface area (Å²) in [5.41, 5.74) is 2.18. The van der Waals surface area contributed by atoms with Gasteiger partial charge in [-0.25, -0.2) is 0 Å². The number of benzene rings is 2. The Bertz CT molecular complexity index is 781. The van der Waals surface area contributed by atoms with Crippen molar-refractivity contribution in [2.24, 2.45) is 0 Å². The lowest BCUT2D eigenvalue weighted by Gasteiger charge is -2.40. The second-order valence-electron chi connectivity index (χ2n) is 7.99. The molecule has 1 saturated heterocycles. The molecule has 0 bridgehead atoms. The predicted molar refractivity (Wildman–Crippen MR) is 116 cm³/mol. The fourth-order valence-electron chi connectivity index (χ4n) is 3.57. The van der Waals surface area contributed by atoms with Crippen molar-refractivity contribution in [2.75, 3.05) is 0 Å². The van der Waals surface area contributed by atoms with E-state index in [-0.39, 0.29) is 30.8 Å². The van der Waals surface area contributed by atoms with Gasteiger partial charge >= 0.3 is 5.97 Å². The molecule has 0 saturated carbocycles. The van der Waals surface area contributed by atoms with Crippen LogP contribution in [0.25, 0.3) is 0 Å². The number of hydrogen-bond acceptors (Lipinski definition) is 5. The Morgan fingerprint density at radius 1 is 1.00 bits per heavy atom. The molecule has 6 nitrogen and oxygen atoms in total. The van der Waals surface area contributed by atoms with E-state index < -0.39 is 12.3 Å². The first-order chi connectivity index (χ1) is 15.0. The molecule has 1 aliphatic rings. The van der Waals surface area contributed by atoms with Crippen LogP contribution in [0.4, 0.5) is 0 Å². The number of carboxylic acid groups (broad SMARTS) is 1. The van der Waals surface area contributed by atoms with Gasteiger partial charge in [-0.15, -0.1) is 0 Å². The molecule has 1 heterocycles. The molecule has 2 aromatic rings. The van der Waals surface area contributed by atoms with Gasteiger partial charge in [-0.2, -0.15) is 0 Å². The summed E-state index contributed by atoms with van der Waals surface area (Å²) in [5.74, 6) is -0.834. The molecule has 0 spiro atoms. The summed E-state index contributed by atoms with van der Waals surface area (Å²) in [4.78, 5) is 10.9. The van der Waals surface area contributed by atoms with Crippen LogP contribution in [0.15, 0.2) is 60.7 Å². The number of rotatable bonds is 11. The normalized spacial score (nSPS) is 24.6. The van der Waals surface area contributed by atoms with Crippen LogP contribution in [0.5, 0.6) is 0 Å². The summed E-state index contributed by atoms with van der Waals surface area (Å²) >= 11 is 0. The zero-order valence-corrected chi connectivity index (χ0v) is 18.2. The van der Waals surface area contributed by atoms with Crippen molar-refractivity contribution in [1.29, 1.82) is 0 Å². The van der Waals surface area contributed by atoms with E-state index >= 15 is 0 Å². The van der Waals surface area contributed by atoms with Crippen molar-refractivity contribution in [1.82, 2.24) is 0 Å². The molecule has 2 aromatic carbocycles. The third kappa shape index (κ3) is 7.74. The van der Waals surface area contributed by atoms with Crippen LogP contribution < -0.4 is 0 Å². The van der Waals surface area contributed by atoms with Crippen molar-refractivity contribution in [3.05, 3.63) is 71.8 Å². The van der Waals surface area contributed by atoms with Crippen LogP contribution in [0.1, 0.15) is 44.2 Å². The van der Waals surface area contributed by atoms with Gasteiger partial charge in [0.15, 0.2) is 6.29 Å². The van der Waals surface area contributed by atoms with Gasteiger partial charge in [0.25, 0.3) is 0 Å². The fourth-order valence-corrected chi connectivity index (χ4v) is 3.57. The highest BCUT2D eigenvalue weighted by Gasteiger charge is 2.38. The topological polar surface area (TPSA) is 74.2 Å². The molecule has 0 amide bonds. The van der Waals surface area contributed by atoms with E-state index in [0.717, 1.165) is 11.1 Å². The van der Waals surface area contributed by atoms with Gasteiger partial charge < -0.3 is 24.1 Å². The van der Waals surface area contributed by atoms with Crippen LogP contribution in [-0.2, 0) is 37.0 Å². The molecule has 3 rings (SSSR count). The molecular weight excluding hydrogens is 396 g/mol. The van der Waals surface area contributed by atoms with Gasteiger partial charge in [-0.05, 0) is 31.4 Å². The van der Waals surface area contributed by atoms with Gasteiger partial charge in [-0.1, -0.05) is 60.7 Å². The first kappa shape index (κ1) is 23.4. The summed E-state index contributed by atoms with van der Waals surface area (Å²) in [6.07, 6.45) is -0.324. The maximum Gasteiger partial charge on any atom is 0.303 e. The predicted octanol–water partition coefficient (Wildman–Crippen LogP) is 4.56. The smallest absolute Gasteiger partial charge is 0.303 e. The Kier molecular flexibility index (Phi) is 9.03. The molecule has 1 aliphatic heterocycles.